The van der Waals surface area contributed by atoms with Crippen molar-refractivity contribution in [1.29, 1.82) is 5.26 Å². The largest absolute Gasteiger partial charge is 0.465 e. The molecule has 0 unspecified atom stereocenters. The zero-order valence-electron chi connectivity index (χ0n) is 11.5. The van der Waals surface area contributed by atoms with Gasteiger partial charge in [0.25, 0.3) is 0 Å². The lowest BCUT2D eigenvalue weighted by molar-refractivity contribution is -0.143. The Balaban J connectivity index is 1.73. The molecular weight excluding hydrogens is 240 g/mol. The Kier molecular flexibility index (Phi) is 3.26. The molecule has 4 bridgehead atoms. The molecule has 4 rings (SSSR count). The van der Waals surface area contributed by atoms with Gasteiger partial charge in [0, 0.05) is 0 Å². The second-order valence-corrected chi connectivity index (χ2v) is 6.44. The molecule has 4 nitrogen and oxygen atoms in total. The molecule has 104 valence electrons. The number of carbonyl (C=O) groups excluding carboxylic acids is 1. The highest BCUT2D eigenvalue weighted by Crippen LogP contribution is 2.57. The van der Waals surface area contributed by atoms with Gasteiger partial charge in [-0.05, 0) is 62.7 Å². The van der Waals surface area contributed by atoms with E-state index in [4.69, 9.17) is 4.74 Å². The third kappa shape index (κ3) is 2.04. The first kappa shape index (κ1) is 12.9. The summed E-state index contributed by atoms with van der Waals surface area (Å²) in [6.07, 6.45) is 6.02. The first-order chi connectivity index (χ1) is 9.18. The summed E-state index contributed by atoms with van der Waals surface area (Å²) in [5.74, 6) is 2.28. The molecule has 0 aliphatic heterocycles. The van der Waals surface area contributed by atoms with Crippen LogP contribution in [0.4, 0.5) is 0 Å². The van der Waals surface area contributed by atoms with Gasteiger partial charge in [-0.25, -0.2) is 0 Å². The van der Waals surface area contributed by atoms with E-state index >= 15 is 0 Å². The highest BCUT2D eigenvalue weighted by atomic mass is 16.5. The maximum Gasteiger partial charge on any atom is 0.319 e. The molecule has 0 radical (unpaired) electrons. The molecule has 1 N–H and O–H groups in total. The molecule has 4 aliphatic carbocycles. The van der Waals surface area contributed by atoms with Crippen LogP contribution in [0, 0.1) is 35.0 Å². The van der Waals surface area contributed by atoms with Crippen molar-refractivity contribution in [2.45, 2.75) is 44.6 Å². The molecule has 0 amide bonds. The van der Waals surface area contributed by atoms with Crippen molar-refractivity contribution in [2.75, 3.05) is 13.2 Å². The lowest BCUT2D eigenvalue weighted by Crippen LogP contribution is -2.64. The van der Waals surface area contributed by atoms with Gasteiger partial charge < -0.3 is 4.74 Å². The van der Waals surface area contributed by atoms with Crippen LogP contribution in [0.3, 0.4) is 0 Å². The lowest BCUT2D eigenvalue weighted by Gasteiger charge is -2.58. The molecule has 4 aliphatic rings. The predicted molar refractivity (Wildman–Crippen MR) is 70.0 cm³/mol. The molecule has 19 heavy (non-hydrogen) atoms. The van der Waals surface area contributed by atoms with Crippen molar-refractivity contribution in [1.82, 2.24) is 5.32 Å². The molecule has 0 saturated heterocycles. The number of esters is 1. The Morgan fingerprint density at radius 3 is 2.32 bits per heavy atom. The Bertz CT molecular complexity index is 385. The molecule has 0 aromatic rings. The zero-order valence-corrected chi connectivity index (χ0v) is 11.5. The summed E-state index contributed by atoms with van der Waals surface area (Å²) in [5.41, 5.74) is -0.472. The highest BCUT2D eigenvalue weighted by Gasteiger charge is 2.57. The standard InChI is InChI=1S/C15H22N2O2/c1-2-19-14(18)8-17-15(9-16)12-4-10-3-11(6-12)7-13(15)5-10/h10-13,17H,2-8H2,1H3. The monoisotopic (exact) mass is 262 g/mol. The average molecular weight is 262 g/mol. The fourth-order valence-corrected chi connectivity index (χ4v) is 4.87. The number of nitrogens with zero attached hydrogens (tertiary/aromatic N) is 1. The second kappa shape index (κ2) is 4.79. The van der Waals surface area contributed by atoms with Gasteiger partial charge in [0.15, 0.2) is 0 Å². The molecular formula is C15H22N2O2. The van der Waals surface area contributed by atoms with E-state index in [-0.39, 0.29) is 12.5 Å². The summed E-state index contributed by atoms with van der Waals surface area (Å²) in [6.45, 7) is 2.38. The number of hydrogen-bond donors (Lipinski definition) is 1. The summed E-state index contributed by atoms with van der Waals surface area (Å²) in [6, 6.07) is 2.54. The van der Waals surface area contributed by atoms with Crippen molar-refractivity contribution in [3.8, 4) is 6.07 Å². The van der Waals surface area contributed by atoms with Gasteiger partial charge in [0.05, 0.1) is 19.2 Å². The van der Waals surface area contributed by atoms with Crippen molar-refractivity contribution in [2.24, 2.45) is 23.7 Å². The fourth-order valence-electron chi connectivity index (χ4n) is 4.87. The Morgan fingerprint density at radius 1 is 1.26 bits per heavy atom. The Labute approximate surface area is 114 Å². The van der Waals surface area contributed by atoms with E-state index in [9.17, 15) is 10.1 Å². The fraction of sp³-hybridized carbons (Fsp3) is 0.867. The first-order valence-corrected chi connectivity index (χ1v) is 7.49. The smallest absolute Gasteiger partial charge is 0.319 e. The summed E-state index contributed by atoms with van der Waals surface area (Å²) < 4.78 is 4.96. The van der Waals surface area contributed by atoms with Crippen molar-refractivity contribution in [3.05, 3.63) is 0 Å². The number of nitrogens with one attached hydrogen (secondary N) is 1. The third-order valence-corrected chi connectivity index (χ3v) is 5.44. The summed E-state index contributed by atoms with van der Waals surface area (Å²) in [5, 5.41) is 13.0. The van der Waals surface area contributed by atoms with Crippen LogP contribution in [0.25, 0.3) is 0 Å². The Hall–Kier alpha value is -1.08. The number of carbonyl (C=O) groups is 1. The number of rotatable bonds is 4. The predicted octanol–water partition coefficient (Wildman–Crippen LogP) is 1.86. The van der Waals surface area contributed by atoms with E-state index in [1.54, 1.807) is 6.92 Å². The molecule has 4 heteroatoms. The zero-order chi connectivity index (χ0) is 13.5. The molecule has 4 saturated carbocycles. The molecule has 0 heterocycles. The molecule has 0 atom stereocenters. The van der Waals surface area contributed by atoms with Gasteiger partial charge >= 0.3 is 5.97 Å². The van der Waals surface area contributed by atoms with Crippen LogP contribution < -0.4 is 5.32 Å². The third-order valence-electron chi connectivity index (χ3n) is 5.44. The molecule has 0 aromatic heterocycles. The highest BCUT2D eigenvalue weighted by molar-refractivity contribution is 5.71. The van der Waals surface area contributed by atoms with E-state index < -0.39 is 5.54 Å². The summed E-state index contributed by atoms with van der Waals surface area (Å²) in [4.78, 5) is 11.5. The van der Waals surface area contributed by atoms with Crippen LogP contribution in [-0.2, 0) is 9.53 Å². The van der Waals surface area contributed by atoms with Gasteiger partial charge in [-0.15, -0.1) is 0 Å². The van der Waals surface area contributed by atoms with Crippen LogP contribution in [0.2, 0.25) is 0 Å². The minimum atomic E-state index is -0.472. The Morgan fingerprint density at radius 2 is 1.84 bits per heavy atom. The minimum absolute atomic E-state index is 0.170. The van der Waals surface area contributed by atoms with E-state index in [0.717, 1.165) is 37.5 Å². The van der Waals surface area contributed by atoms with Gasteiger partial charge in [-0.1, -0.05) is 0 Å². The van der Waals surface area contributed by atoms with Crippen LogP contribution in [0.1, 0.15) is 39.0 Å². The van der Waals surface area contributed by atoms with Gasteiger partial charge in [0.1, 0.15) is 5.54 Å². The summed E-state index contributed by atoms with van der Waals surface area (Å²) in [7, 11) is 0. The first-order valence-electron chi connectivity index (χ1n) is 7.49. The quantitative estimate of drug-likeness (QED) is 0.785. The van der Waals surface area contributed by atoms with E-state index in [2.05, 4.69) is 11.4 Å². The molecule has 0 spiro atoms. The average Bonchev–Trinajstić information content (AvgIpc) is 2.38. The maximum atomic E-state index is 11.5. The van der Waals surface area contributed by atoms with Crippen LogP contribution in [0.15, 0.2) is 0 Å². The van der Waals surface area contributed by atoms with Crippen LogP contribution >= 0.6 is 0 Å². The van der Waals surface area contributed by atoms with E-state index in [0.29, 0.717) is 18.4 Å². The lowest BCUT2D eigenvalue weighted by atomic mass is 9.49. The number of ether oxygens (including phenoxy) is 1. The topological polar surface area (TPSA) is 62.1 Å². The number of nitriles is 1. The second-order valence-electron chi connectivity index (χ2n) is 6.44. The molecule has 4 fully saturated rings. The normalized spacial score (nSPS) is 42.9. The van der Waals surface area contributed by atoms with Crippen LogP contribution in [0.5, 0.6) is 0 Å². The molecule has 0 aromatic carbocycles. The SMILES string of the molecule is CCOC(=O)CNC1(C#N)C2CC3CC(C2)CC1C3. The van der Waals surface area contributed by atoms with Gasteiger partial charge in [-0.3, -0.25) is 10.1 Å². The van der Waals surface area contributed by atoms with E-state index in [1.165, 1.54) is 6.42 Å². The van der Waals surface area contributed by atoms with E-state index in [1.807, 2.05) is 0 Å². The van der Waals surface area contributed by atoms with Crippen molar-refractivity contribution in [3.63, 3.8) is 0 Å². The number of hydrogen-bond acceptors (Lipinski definition) is 4. The van der Waals surface area contributed by atoms with Crippen molar-refractivity contribution < 1.29 is 9.53 Å². The van der Waals surface area contributed by atoms with Crippen LogP contribution in [-0.4, -0.2) is 24.7 Å². The maximum absolute atomic E-state index is 11.5. The summed E-state index contributed by atoms with van der Waals surface area (Å²) >= 11 is 0. The van der Waals surface area contributed by atoms with Crippen molar-refractivity contribution >= 4 is 5.97 Å². The van der Waals surface area contributed by atoms with Gasteiger partial charge in [0.2, 0.25) is 0 Å². The minimum Gasteiger partial charge on any atom is -0.465 e. The van der Waals surface area contributed by atoms with Gasteiger partial charge in [-0.2, -0.15) is 5.26 Å².